The average molecular weight is 292 g/mol. The van der Waals surface area contributed by atoms with Gasteiger partial charge in [0.1, 0.15) is 0 Å². The highest BCUT2D eigenvalue weighted by Gasteiger charge is 2.30. The lowest BCUT2D eigenvalue weighted by atomic mass is 10.1. The van der Waals surface area contributed by atoms with Gasteiger partial charge >= 0.3 is 0 Å². The first kappa shape index (κ1) is 15.2. The smallest absolute Gasteiger partial charge is 0.270 e. The molecule has 0 spiro atoms. The second-order valence-electron chi connectivity index (χ2n) is 5.63. The van der Waals surface area contributed by atoms with Gasteiger partial charge in [0.25, 0.3) is 11.6 Å². The molecule has 0 radical (unpaired) electrons. The normalized spacial score (nSPS) is 14.1. The summed E-state index contributed by atoms with van der Waals surface area (Å²) in [6.45, 7) is 4.56. The Morgan fingerprint density at radius 3 is 2.67 bits per heavy atom. The van der Waals surface area contributed by atoms with E-state index in [9.17, 15) is 14.9 Å². The highest BCUT2D eigenvalue weighted by atomic mass is 16.6. The van der Waals surface area contributed by atoms with Crippen LogP contribution in [0.2, 0.25) is 0 Å². The summed E-state index contributed by atoms with van der Waals surface area (Å²) in [5.41, 5.74) is 2.95. The molecule has 1 aromatic carbocycles. The van der Waals surface area contributed by atoms with Gasteiger partial charge in [-0.05, 0) is 38.7 Å². The van der Waals surface area contributed by atoms with Crippen molar-refractivity contribution in [1.82, 2.24) is 4.90 Å². The number of nitro benzene ring substituents is 1. The lowest BCUT2D eigenvalue weighted by Gasteiger charge is -2.27. The minimum absolute atomic E-state index is 0.0305. The molecule has 2 rings (SSSR count). The van der Waals surface area contributed by atoms with Gasteiger partial charge in [-0.1, -0.05) is 0 Å². The number of anilines is 1. The molecule has 1 amide bonds. The van der Waals surface area contributed by atoms with Crippen LogP contribution in [-0.2, 0) is 0 Å². The van der Waals surface area contributed by atoms with Gasteiger partial charge in [0.15, 0.2) is 0 Å². The third-order valence-electron chi connectivity index (χ3n) is 3.64. The Kier molecular flexibility index (Phi) is 4.42. The minimum atomic E-state index is -0.516. The molecule has 1 aliphatic rings. The first-order valence-corrected chi connectivity index (χ1v) is 7.00. The van der Waals surface area contributed by atoms with Crippen molar-refractivity contribution in [2.24, 2.45) is 11.8 Å². The van der Waals surface area contributed by atoms with Crippen molar-refractivity contribution in [3.8, 4) is 0 Å². The minimum Gasteiger partial charge on any atom is -0.336 e. The van der Waals surface area contributed by atoms with E-state index < -0.39 is 4.92 Å². The highest BCUT2D eigenvalue weighted by Crippen LogP contribution is 2.32. The van der Waals surface area contributed by atoms with E-state index in [1.165, 1.54) is 18.2 Å². The highest BCUT2D eigenvalue weighted by molar-refractivity contribution is 6.00. The van der Waals surface area contributed by atoms with Crippen LogP contribution in [0.4, 0.5) is 11.4 Å². The van der Waals surface area contributed by atoms with Crippen LogP contribution in [-0.4, -0.2) is 28.3 Å². The van der Waals surface area contributed by atoms with Gasteiger partial charge in [0.2, 0.25) is 0 Å². The number of benzene rings is 1. The Balaban J connectivity index is 2.34. The topological polar surface area (TPSA) is 102 Å². The van der Waals surface area contributed by atoms with Crippen LogP contribution >= 0.6 is 0 Å². The zero-order chi connectivity index (χ0) is 15.6. The maximum Gasteiger partial charge on any atom is 0.270 e. The number of amides is 1. The van der Waals surface area contributed by atoms with Crippen molar-refractivity contribution in [3.05, 3.63) is 33.9 Å². The first-order valence-electron chi connectivity index (χ1n) is 7.00. The molecule has 114 valence electrons. The summed E-state index contributed by atoms with van der Waals surface area (Å²) in [7, 11) is 0. The fourth-order valence-electron chi connectivity index (χ4n) is 2.21. The molecule has 0 saturated heterocycles. The molecule has 1 fully saturated rings. The van der Waals surface area contributed by atoms with Crippen LogP contribution in [0.5, 0.6) is 0 Å². The summed E-state index contributed by atoms with van der Waals surface area (Å²) in [5, 5.41) is 10.9. The summed E-state index contributed by atoms with van der Waals surface area (Å²) in [5.74, 6) is 5.73. The summed E-state index contributed by atoms with van der Waals surface area (Å²) in [6.07, 6.45) is 2.26. The van der Waals surface area contributed by atoms with Gasteiger partial charge in [0.05, 0.1) is 16.2 Å². The molecule has 0 heterocycles. The zero-order valence-corrected chi connectivity index (χ0v) is 12.2. The quantitative estimate of drug-likeness (QED) is 0.475. The van der Waals surface area contributed by atoms with Crippen molar-refractivity contribution >= 4 is 17.3 Å². The molecule has 1 aliphatic carbocycles. The number of nitro groups is 1. The predicted molar refractivity (Wildman–Crippen MR) is 79.8 cm³/mol. The molecule has 0 unspecified atom stereocenters. The number of nitrogen functional groups attached to an aromatic ring is 1. The van der Waals surface area contributed by atoms with Gasteiger partial charge in [-0.2, -0.15) is 0 Å². The Morgan fingerprint density at radius 2 is 2.19 bits per heavy atom. The summed E-state index contributed by atoms with van der Waals surface area (Å²) >= 11 is 0. The second-order valence-corrected chi connectivity index (χ2v) is 5.63. The lowest BCUT2D eigenvalue weighted by Crippen LogP contribution is -2.39. The fourth-order valence-corrected chi connectivity index (χ4v) is 2.21. The second kappa shape index (κ2) is 6.09. The van der Waals surface area contributed by atoms with Gasteiger partial charge in [-0.3, -0.25) is 20.8 Å². The zero-order valence-electron chi connectivity index (χ0n) is 12.2. The van der Waals surface area contributed by atoms with Gasteiger partial charge in [-0.25, -0.2) is 0 Å². The van der Waals surface area contributed by atoms with E-state index >= 15 is 0 Å². The maximum absolute atomic E-state index is 12.7. The van der Waals surface area contributed by atoms with E-state index in [0.717, 1.165) is 12.8 Å². The molecule has 7 heteroatoms. The number of non-ortho nitro benzene ring substituents is 1. The largest absolute Gasteiger partial charge is 0.336 e. The molecule has 21 heavy (non-hydrogen) atoms. The van der Waals surface area contributed by atoms with Crippen LogP contribution < -0.4 is 11.3 Å². The monoisotopic (exact) mass is 292 g/mol. The number of hydrazine groups is 1. The van der Waals surface area contributed by atoms with Crippen LogP contribution in [0.25, 0.3) is 0 Å². The van der Waals surface area contributed by atoms with E-state index in [1.54, 1.807) is 4.90 Å². The number of hydrogen-bond acceptors (Lipinski definition) is 5. The van der Waals surface area contributed by atoms with E-state index in [4.69, 9.17) is 5.84 Å². The number of rotatable bonds is 6. The Bertz CT molecular complexity index is 555. The van der Waals surface area contributed by atoms with E-state index in [0.29, 0.717) is 18.2 Å². The molecule has 0 bridgehead atoms. The number of nitrogens with one attached hydrogen (secondary N) is 1. The van der Waals surface area contributed by atoms with Crippen molar-refractivity contribution < 1.29 is 9.72 Å². The number of carbonyl (C=O) groups excluding carboxylic acids is 1. The third-order valence-corrected chi connectivity index (χ3v) is 3.64. The Hall–Kier alpha value is -2.15. The van der Waals surface area contributed by atoms with Crippen LogP contribution in [0.3, 0.4) is 0 Å². The predicted octanol–water partition coefficient (Wildman–Crippen LogP) is 2.14. The summed E-state index contributed by atoms with van der Waals surface area (Å²) in [6, 6.07) is 4.09. The van der Waals surface area contributed by atoms with Crippen LogP contribution in [0.15, 0.2) is 18.2 Å². The van der Waals surface area contributed by atoms with Crippen LogP contribution in [0.1, 0.15) is 37.0 Å². The number of hydrogen-bond donors (Lipinski definition) is 2. The average Bonchev–Trinajstić information content (AvgIpc) is 3.27. The van der Waals surface area contributed by atoms with Gasteiger partial charge in [-0.15, -0.1) is 0 Å². The van der Waals surface area contributed by atoms with Crippen molar-refractivity contribution in [2.45, 2.75) is 32.7 Å². The molecule has 7 nitrogen and oxygen atoms in total. The molecule has 1 aromatic rings. The molecule has 0 aliphatic heterocycles. The molecule has 1 saturated carbocycles. The van der Waals surface area contributed by atoms with Crippen molar-refractivity contribution in [3.63, 3.8) is 0 Å². The van der Waals surface area contributed by atoms with Crippen molar-refractivity contribution in [1.29, 1.82) is 0 Å². The van der Waals surface area contributed by atoms with Gasteiger partial charge in [0, 0.05) is 24.7 Å². The van der Waals surface area contributed by atoms with E-state index in [-0.39, 0.29) is 23.2 Å². The van der Waals surface area contributed by atoms with Crippen molar-refractivity contribution in [2.75, 3.05) is 12.0 Å². The Labute approximate surface area is 123 Å². The molecule has 0 aromatic heterocycles. The summed E-state index contributed by atoms with van der Waals surface area (Å²) < 4.78 is 0. The molecular weight excluding hydrogens is 272 g/mol. The maximum atomic E-state index is 12.7. The molecule has 3 N–H and O–H groups in total. The summed E-state index contributed by atoms with van der Waals surface area (Å²) in [4.78, 5) is 24.8. The van der Waals surface area contributed by atoms with Crippen LogP contribution in [0, 0.1) is 16.0 Å². The molecular formula is C14H20N4O3. The number of nitrogens with two attached hydrogens (primary N) is 1. The Morgan fingerprint density at radius 1 is 1.52 bits per heavy atom. The standard InChI is InChI=1S/C14H20N4O3/c1-9(2)17(8-10-3-4-10)14(19)12-7-11(18(20)21)5-6-13(12)16-15/h5-7,9-10,16H,3-4,8,15H2,1-2H3. The van der Waals surface area contributed by atoms with E-state index in [1.807, 2.05) is 13.8 Å². The molecule has 0 atom stereocenters. The first-order chi connectivity index (χ1) is 9.93. The number of carbonyl (C=O) groups is 1. The fraction of sp³-hybridized carbons (Fsp3) is 0.500. The third kappa shape index (κ3) is 3.49. The van der Waals surface area contributed by atoms with E-state index in [2.05, 4.69) is 5.43 Å². The number of nitrogens with zero attached hydrogens (tertiary/aromatic N) is 2. The van der Waals surface area contributed by atoms with Gasteiger partial charge < -0.3 is 10.3 Å². The SMILES string of the molecule is CC(C)N(CC1CC1)C(=O)c1cc([N+](=O)[O-])ccc1NN. The lowest BCUT2D eigenvalue weighted by molar-refractivity contribution is -0.384.